The summed E-state index contributed by atoms with van der Waals surface area (Å²) in [7, 11) is 0. The van der Waals surface area contributed by atoms with Crippen LogP contribution in [-0.2, 0) is 0 Å². The van der Waals surface area contributed by atoms with E-state index >= 15 is 0 Å². The van der Waals surface area contributed by atoms with Gasteiger partial charge in [0.25, 0.3) is 0 Å². The lowest BCUT2D eigenvalue weighted by Gasteiger charge is -2.14. The van der Waals surface area contributed by atoms with Gasteiger partial charge in [0.15, 0.2) is 0 Å². The van der Waals surface area contributed by atoms with E-state index in [1.807, 2.05) is 30.7 Å². The molecule has 0 aliphatic rings. The van der Waals surface area contributed by atoms with Crippen LogP contribution in [0.5, 0.6) is 0 Å². The predicted octanol–water partition coefficient (Wildman–Crippen LogP) is 13.8. The Morgan fingerprint density at radius 3 is 1.00 bits per heavy atom. The van der Waals surface area contributed by atoms with E-state index in [-0.39, 0.29) is 0 Å². The molecule has 6 heterocycles. The van der Waals surface area contributed by atoms with Crippen molar-refractivity contribution in [1.29, 1.82) is 0 Å². The summed E-state index contributed by atoms with van der Waals surface area (Å²) in [6, 6.07) is 14.5. The second-order valence-corrected chi connectivity index (χ2v) is 18.7. The lowest BCUT2D eigenvalue weighted by atomic mass is 9.97. The van der Waals surface area contributed by atoms with Crippen LogP contribution in [0.4, 0.5) is 0 Å². The Hall–Kier alpha value is -5.38. The molecule has 0 saturated carbocycles. The Labute approximate surface area is 371 Å². The van der Waals surface area contributed by atoms with E-state index in [1.54, 1.807) is 0 Å². The third kappa shape index (κ3) is 11.7. The van der Waals surface area contributed by atoms with Crippen LogP contribution in [0.1, 0.15) is 215 Å². The number of benzene rings is 1. The number of fused-ring (bicyclic) bond motifs is 3. The fourth-order valence-electron chi connectivity index (χ4n) is 7.47. The van der Waals surface area contributed by atoms with Gasteiger partial charge in [-0.25, -0.2) is 0 Å². The molecule has 0 spiro atoms. The summed E-state index contributed by atoms with van der Waals surface area (Å²) in [5.41, 5.74) is 12.2. The Bertz CT molecular complexity index is 2140. The summed E-state index contributed by atoms with van der Waals surface area (Å²) in [5.74, 6) is 3.24. The number of hydrogen-bond donors (Lipinski definition) is 0. The number of nitrogens with zero attached hydrogens (tertiary/aromatic N) is 10. The zero-order chi connectivity index (χ0) is 46.0. The molecule has 6 aromatic heterocycles. The molecule has 330 valence electrons. The zero-order valence-corrected chi connectivity index (χ0v) is 40.9. The summed E-state index contributed by atoms with van der Waals surface area (Å²) >= 11 is 0. The number of rotatable bonds is 8. The van der Waals surface area contributed by atoms with Crippen LogP contribution in [0.15, 0.2) is 61.1 Å². The Balaban J connectivity index is 0.000000182. The maximum atomic E-state index is 4.44. The van der Waals surface area contributed by atoms with Crippen molar-refractivity contribution in [2.24, 2.45) is 0 Å². The largest absolute Gasteiger partial charge is 0.264 e. The first-order valence-corrected chi connectivity index (χ1v) is 22.6. The van der Waals surface area contributed by atoms with Crippen LogP contribution in [0.25, 0.3) is 32.4 Å². The van der Waals surface area contributed by atoms with E-state index in [0.29, 0.717) is 47.3 Å². The molecule has 1 aromatic carbocycles. The minimum absolute atomic E-state index is 0.353. The van der Waals surface area contributed by atoms with Crippen LogP contribution in [0.2, 0.25) is 0 Å². The molecule has 0 radical (unpaired) electrons. The van der Waals surface area contributed by atoms with Crippen molar-refractivity contribution in [3.05, 3.63) is 118 Å². The van der Waals surface area contributed by atoms with Crippen LogP contribution >= 0.6 is 0 Å². The lowest BCUT2D eigenvalue weighted by Crippen LogP contribution is -2.07. The standard InChI is InChI=1S/C14H18N2.2C13H17N3.C12H20N2/c1-9(2)13-11-7-5-6-8-12(11)14(10(3)4)16-15-13;1-8(2)12-10-5-6-14-7-11(10)13(9(3)4)16-15-12;1-8(2)11-10-6-5-7-14-13(10)12(9(3)4)16-15-11;1-7(2)11-9(5)10(6)12(8(3)4)14-13-11/h5-10H,1-4H3;2*5-9H,1-4H3;7-8H,1-6H3. The highest BCUT2D eigenvalue weighted by Crippen LogP contribution is 2.30. The molecule has 7 aromatic rings. The zero-order valence-electron chi connectivity index (χ0n) is 40.9. The topological polar surface area (TPSA) is 129 Å². The fraction of sp³-hybridized carbons (Fsp3) is 0.500. The van der Waals surface area contributed by atoms with E-state index in [2.05, 4.69) is 206 Å². The third-order valence-corrected chi connectivity index (χ3v) is 10.9. The molecule has 0 aliphatic carbocycles. The number of pyridine rings is 2. The fourth-order valence-corrected chi connectivity index (χ4v) is 7.47. The van der Waals surface area contributed by atoms with Crippen molar-refractivity contribution in [2.45, 2.75) is 172 Å². The first kappa shape index (κ1) is 49.3. The van der Waals surface area contributed by atoms with Gasteiger partial charge in [-0.1, -0.05) is 135 Å². The lowest BCUT2D eigenvalue weighted by molar-refractivity contribution is 0.714. The second-order valence-electron chi connectivity index (χ2n) is 18.7. The van der Waals surface area contributed by atoms with Crippen molar-refractivity contribution in [2.75, 3.05) is 0 Å². The van der Waals surface area contributed by atoms with Gasteiger partial charge in [0.1, 0.15) is 0 Å². The minimum atomic E-state index is 0.353. The average Bonchev–Trinajstić information content (AvgIpc) is 3.23. The van der Waals surface area contributed by atoms with Crippen LogP contribution in [-0.4, -0.2) is 50.8 Å². The maximum absolute atomic E-state index is 4.44. The molecule has 7 rings (SSSR count). The van der Waals surface area contributed by atoms with Gasteiger partial charge in [-0.3, -0.25) is 9.97 Å². The summed E-state index contributed by atoms with van der Waals surface area (Å²) in [6.07, 6.45) is 5.53. The molecule has 0 unspecified atom stereocenters. The number of hydrogen-bond acceptors (Lipinski definition) is 10. The normalized spacial score (nSPS) is 11.6. The van der Waals surface area contributed by atoms with E-state index < -0.39 is 0 Å². The monoisotopic (exact) mass is 837 g/mol. The van der Waals surface area contributed by atoms with Crippen LogP contribution in [0.3, 0.4) is 0 Å². The predicted molar refractivity (Wildman–Crippen MR) is 258 cm³/mol. The Morgan fingerprint density at radius 1 is 0.306 bits per heavy atom. The molecule has 0 N–H and O–H groups in total. The van der Waals surface area contributed by atoms with Gasteiger partial charge < -0.3 is 0 Å². The van der Waals surface area contributed by atoms with Crippen molar-refractivity contribution in [3.8, 4) is 0 Å². The summed E-state index contributed by atoms with van der Waals surface area (Å²) in [4.78, 5) is 8.63. The molecule has 0 bridgehead atoms. The molecule has 10 nitrogen and oxygen atoms in total. The van der Waals surface area contributed by atoms with Crippen LogP contribution in [0, 0.1) is 13.8 Å². The van der Waals surface area contributed by atoms with E-state index in [4.69, 9.17) is 0 Å². The summed E-state index contributed by atoms with van der Waals surface area (Å²) in [5, 5.41) is 40.7. The molecule has 62 heavy (non-hydrogen) atoms. The van der Waals surface area contributed by atoms with Gasteiger partial charge in [-0.15, -0.1) is 0 Å². The highest BCUT2D eigenvalue weighted by atomic mass is 15.1. The second kappa shape index (κ2) is 22.1. The Kier molecular flexibility index (Phi) is 17.6. The smallest absolute Gasteiger partial charge is 0.0957 e. The molecule has 0 atom stereocenters. The van der Waals surface area contributed by atoms with Crippen LogP contribution < -0.4 is 0 Å². The molecular weight excluding hydrogens is 765 g/mol. The molecule has 0 aliphatic heterocycles. The van der Waals surface area contributed by atoms with Gasteiger partial charge in [-0.05, 0) is 90.5 Å². The van der Waals surface area contributed by atoms with Crippen molar-refractivity contribution >= 4 is 32.4 Å². The van der Waals surface area contributed by atoms with Gasteiger partial charge in [0.2, 0.25) is 0 Å². The van der Waals surface area contributed by atoms with Crippen molar-refractivity contribution in [3.63, 3.8) is 0 Å². The van der Waals surface area contributed by atoms with E-state index in [1.165, 1.54) is 27.3 Å². The maximum Gasteiger partial charge on any atom is 0.0957 e. The molecule has 0 fully saturated rings. The summed E-state index contributed by atoms with van der Waals surface area (Å²) in [6.45, 7) is 38.6. The highest BCUT2D eigenvalue weighted by Gasteiger charge is 2.17. The van der Waals surface area contributed by atoms with Crippen molar-refractivity contribution < 1.29 is 0 Å². The quantitative estimate of drug-likeness (QED) is 0.146. The van der Waals surface area contributed by atoms with Gasteiger partial charge in [0.05, 0.1) is 51.1 Å². The Morgan fingerprint density at radius 2 is 0.613 bits per heavy atom. The first-order valence-electron chi connectivity index (χ1n) is 22.6. The average molecular weight is 837 g/mol. The summed E-state index contributed by atoms with van der Waals surface area (Å²) < 4.78 is 0. The SMILES string of the molecule is CC(C)c1nnc(C(C)C)c2ccccc12.CC(C)c1nnc(C(C)C)c2cnccc12.CC(C)c1nnc(C(C)C)c2ncccc12.Cc1c(C(C)C)nnc(C(C)C)c1C. The first-order chi connectivity index (χ1) is 29.3. The highest BCUT2D eigenvalue weighted by molar-refractivity contribution is 5.87. The van der Waals surface area contributed by atoms with Gasteiger partial charge >= 0.3 is 0 Å². The minimum Gasteiger partial charge on any atom is -0.264 e. The van der Waals surface area contributed by atoms with Crippen molar-refractivity contribution in [1.82, 2.24) is 50.8 Å². The molecule has 0 saturated heterocycles. The molecule has 0 amide bonds. The van der Waals surface area contributed by atoms with Gasteiger partial charge in [-0.2, -0.15) is 40.8 Å². The number of aromatic nitrogens is 10. The third-order valence-electron chi connectivity index (χ3n) is 10.9. The van der Waals surface area contributed by atoms with Gasteiger partial charge in [0, 0.05) is 45.5 Å². The van der Waals surface area contributed by atoms with E-state index in [9.17, 15) is 0 Å². The molecule has 10 heteroatoms. The van der Waals surface area contributed by atoms with E-state index in [0.717, 1.165) is 61.8 Å². The molecular formula is C52H72N10.